The van der Waals surface area contributed by atoms with Gasteiger partial charge in [-0.2, -0.15) is 0 Å². The van der Waals surface area contributed by atoms with Crippen LogP contribution in [0.25, 0.3) is 11.3 Å². The number of hydrogen-bond acceptors (Lipinski definition) is 3. The van der Waals surface area contributed by atoms with Crippen LogP contribution in [0.15, 0.2) is 37.1 Å². The summed E-state index contributed by atoms with van der Waals surface area (Å²) < 4.78 is 2.14. The number of pyridine rings is 1. The Morgan fingerprint density at radius 1 is 1.31 bits per heavy atom. The van der Waals surface area contributed by atoms with Gasteiger partial charge in [-0.25, -0.2) is 4.98 Å². The lowest BCUT2D eigenvalue weighted by molar-refractivity contribution is 0.616. The van der Waals surface area contributed by atoms with Crippen LogP contribution in [0.5, 0.6) is 0 Å². The first-order valence-corrected chi connectivity index (χ1v) is 5.53. The quantitative estimate of drug-likeness (QED) is 0.771. The molecule has 2 rings (SSSR count). The standard InChI is InChI=1S/C12H16N4/c1-2-13-6-7-16-10-15-9-12(16)11-4-3-5-14-8-11/h3-5,8-10,13H,2,6-7H2,1H3. The molecule has 0 unspecified atom stereocenters. The Balaban J connectivity index is 2.13. The number of nitrogens with zero attached hydrogens (tertiary/aromatic N) is 3. The normalized spacial score (nSPS) is 10.6. The van der Waals surface area contributed by atoms with Crippen LogP contribution in [0, 0.1) is 0 Å². The van der Waals surface area contributed by atoms with Crippen molar-refractivity contribution in [2.45, 2.75) is 13.5 Å². The first-order valence-electron chi connectivity index (χ1n) is 5.53. The molecule has 2 heterocycles. The van der Waals surface area contributed by atoms with Crippen molar-refractivity contribution >= 4 is 0 Å². The van der Waals surface area contributed by atoms with E-state index < -0.39 is 0 Å². The Labute approximate surface area is 95.4 Å². The summed E-state index contributed by atoms with van der Waals surface area (Å²) >= 11 is 0. The van der Waals surface area contributed by atoms with Gasteiger partial charge in [-0.3, -0.25) is 4.98 Å². The van der Waals surface area contributed by atoms with Gasteiger partial charge in [0.2, 0.25) is 0 Å². The summed E-state index contributed by atoms with van der Waals surface area (Å²) in [5.41, 5.74) is 2.22. The topological polar surface area (TPSA) is 42.7 Å². The van der Waals surface area contributed by atoms with Crippen LogP contribution in [0.4, 0.5) is 0 Å². The summed E-state index contributed by atoms with van der Waals surface area (Å²) in [6, 6.07) is 3.99. The number of hydrogen-bond donors (Lipinski definition) is 1. The fraction of sp³-hybridized carbons (Fsp3) is 0.333. The third kappa shape index (κ3) is 2.46. The third-order valence-corrected chi connectivity index (χ3v) is 2.45. The predicted octanol–water partition coefficient (Wildman–Crippen LogP) is 1.55. The molecule has 1 N–H and O–H groups in total. The molecule has 0 saturated carbocycles. The van der Waals surface area contributed by atoms with Gasteiger partial charge in [-0.05, 0) is 18.7 Å². The molecule has 2 aromatic heterocycles. The largest absolute Gasteiger partial charge is 0.329 e. The fourth-order valence-electron chi connectivity index (χ4n) is 1.63. The second kappa shape index (κ2) is 5.42. The van der Waals surface area contributed by atoms with Gasteiger partial charge in [-0.1, -0.05) is 6.92 Å². The summed E-state index contributed by atoms with van der Waals surface area (Å²) in [7, 11) is 0. The molecule has 0 aliphatic rings. The summed E-state index contributed by atoms with van der Waals surface area (Å²) in [6.07, 6.45) is 7.38. The van der Waals surface area contributed by atoms with Gasteiger partial charge in [0.25, 0.3) is 0 Å². The van der Waals surface area contributed by atoms with E-state index in [1.807, 2.05) is 30.9 Å². The number of rotatable bonds is 5. The van der Waals surface area contributed by atoms with Crippen LogP contribution in [-0.4, -0.2) is 27.6 Å². The van der Waals surface area contributed by atoms with Crippen molar-refractivity contribution < 1.29 is 0 Å². The van der Waals surface area contributed by atoms with E-state index in [-0.39, 0.29) is 0 Å². The van der Waals surface area contributed by atoms with E-state index in [4.69, 9.17) is 0 Å². The predicted molar refractivity (Wildman–Crippen MR) is 64.0 cm³/mol. The second-order valence-electron chi connectivity index (χ2n) is 3.57. The molecule has 0 spiro atoms. The molecule has 0 aromatic carbocycles. The molecule has 4 nitrogen and oxygen atoms in total. The molecule has 0 saturated heterocycles. The highest BCUT2D eigenvalue weighted by atomic mass is 15.1. The molecule has 0 aliphatic carbocycles. The van der Waals surface area contributed by atoms with Gasteiger partial charge < -0.3 is 9.88 Å². The minimum absolute atomic E-state index is 0.929. The third-order valence-electron chi connectivity index (χ3n) is 2.45. The monoisotopic (exact) mass is 216 g/mol. The van der Waals surface area contributed by atoms with E-state index >= 15 is 0 Å². The van der Waals surface area contributed by atoms with Crippen LogP contribution in [0.3, 0.4) is 0 Å². The van der Waals surface area contributed by atoms with E-state index in [9.17, 15) is 0 Å². The maximum absolute atomic E-state index is 4.18. The first kappa shape index (κ1) is 10.8. The zero-order chi connectivity index (χ0) is 11.2. The maximum atomic E-state index is 4.18. The number of likely N-dealkylation sites (N-methyl/N-ethyl adjacent to an activating group) is 1. The summed E-state index contributed by atoms with van der Waals surface area (Å²) in [6.45, 7) is 4.99. The Morgan fingerprint density at radius 3 is 3.00 bits per heavy atom. The van der Waals surface area contributed by atoms with Crippen molar-refractivity contribution in [1.29, 1.82) is 0 Å². The molecule has 0 radical (unpaired) electrons. The Morgan fingerprint density at radius 2 is 2.25 bits per heavy atom. The molecule has 2 aromatic rings. The van der Waals surface area contributed by atoms with E-state index in [0.29, 0.717) is 0 Å². The molecule has 0 aliphatic heterocycles. The van der Waals surface area contributed by atoms with Crippen molar-refractivity contribution in [1.82, 2.24) is 19.9 Å². The highest BCUT2D eigenvalue weighted by molar-refractivity contribution is 5.57. The van der Waals surface area contributed by atoms with Gasteiger partial charge in [0.1, 0.15) is 0 Å². The highest BCUT2D eigenvalue weighted by Gasteiger charge is 2.03. The lowest BCUT2D eigenvalue weighted by Gasteiger charge is -2.07. The minimum atomic E-state index is 0.929. The fourth-order valence-corrected chi connectivity index (χ4v) is 1.63. The maximum Gasteiger partial charge on any atom is 0.0951 e. The molecule has 0 atom stereocenters. The van der Waals surface area contributed by atoms with Gasteiger partial charge in [0.15, 0.2) is 0 Å². The van der Waals surface area contributed by atoms with Gasteiger partial charge in [0.05, 0.1) is 18.2 Å². The molecule has 0 bridgehead atoms. The van der Waals surface area contributed by atoms with Crippen molar-refractivity contribution in [3.05, 3.63) is 37.1 Å². The number of nitrogens with one attached hydrogen (secondary N) is 1. The molecule has 4 heteroatoms. The minimum Gasteiger partial charge on any atom is -0.329 e. The van der Waals surface area contributed by atoms with Crippen LogP contribution < -0.4 is 5.32 Å². The van der Waals surface area contributed by atoms with Crippen molar-refractivity contribution in [2.24, 2.45) is 0 Å². The second-order valence-corrected chi connectivity index (χ2v) is 3.57. The van der Waals surface area contributed by atoms with Crippen molar-refractivity contribution in [2.75, 3.05) is 13.1 Å². The lowest BCUT2D eigenvalue weighted by Crippen LogP contribution is -2.19. The highest BCUT2D eigenvalue weighted by Crippen LogP contribution is 2.16. The van der Waals surface area contributed by atoms with Gasteiger partial charge in [0, 0.05) is 31.0 Å². The zero-order valence-corrected chi connectivity index (χ0v) is 9.43. The smallest absolute Gasteiger partial charge is 0.0951 e. The number of imidazole rings is 1. The summed E-state index contributed by atoms with van der Waals surface area (Å²) in [4.78, 5) is 8.31. The van der Waals surface area contributed by atoms with Crippen molar-refractivity contribution in [3.8, 4) is 11.3 Å². The molecule has 16 heavy (non-hydrogen) atoms. The summed E-state index contributed by atoms with van der Waals surface area (Å²) in [5.74, 6) is 0. The Kier molecular flexibility index (Phi) is 3.66. The summed E-state index contributed by atoms with van der Waals surface area (Å²) in [5, 5.41) is 3.30. The Bertz CT molecular complexity index is 422. The van der Waals surface area contributed by atoms with E-state index in [1.54, 1.807) is 6.20 Å². The van der Waals surface area contributed by atoms with Crippen LogP contribution >= 0.6 is 0 Å². The molecule has 0 amide bonds. The van der Waals surface area contributed by atoms with Crippen LogP contribution in [0.1, 0.15) is 6.92 Å². The van der Waals surface area contributed by atoms with E-state index in [2.05, 4.69) is 26.8 Å². The average molecular weight is 216 g/mol. The lowest BCUT2D eigenvalue weighted by atomic mass is 10.2. The van der Waals surface area contributed by atoms with Gasteiger partial charge in [-0.15, -0.1) is 0 Å². The Hall–Kier alpha value is -1.68. The molecule has 84 valence electrons. The van der Waals surface area contributed by atoms with Crippen LogP contribution in [0.2, 0.25) is 0 Å². The van der Waals surface area contributed by atoms with E-state index in [0.717, 1.165) is 30.9 Å². The first-order chi connectivity index (χ1) is 7.92. The number of aromatic nitrogens is 3. The molecular weight excluding hydrogens is 200 g/mol. The molecular formula is C12H16N4. The van der Waals surface area contributed by atoms with Crippen LogP contribution in [-0.2, 0) is 6.54 Å². The zero-order valence-electron chi connectivity index (χ0n) is 9.43. The van der Waals surface area contributed by atoms with E-state index in [1.165, 1.54) is 0 Å². The SMILES string of the molecule is CCNCCn1cncc1-c1cccnc1. The molecule has 0 fully saturated rings. The van der Waals surface area contributed by atoms with Gasteiger partial charge >= 0.3 is 0 Å². The van der Waals surface area contributed by atoms with Crippen molar-refractivity contribution in [3.63, 3.8) is 0 Å². The average Bonchev–Trinajstić information content (AvgIpc) is 2.79.